The Kier molecular flexibility index (Phi) is 8.33. The molecular weight excluding hydrogens is 723 g/mol. The van der Waals surface area contributed by atoms with E-state index in [0.29, 0.717) is 0 Å². The highest BCUT2D eigenvalue weighted by atomic mass is 15.5. The van der Waals surface area contributed by atoms with E-state index < -0.39 is 0 Å². The number of benzene rings is 6. The van der Waals surface area contributed by atoms with Crippen molar-refractivity contribution in [1.29, 1.82) is 0 Å². The zero-order chi connectivity index (χ0) is 39.1. The Hall–Kier alpha value is -8.16. The van der Waals surface area contributed by atoms with Crippen molar-refractivity contribution in [3.8, 4) is 73.1 Å². The number of hydrogen-bond acceptors (Lipinski definition) is 6. The topological polar surface area (TPSA) is 82.3 Å². The summed E-state index contributed by atoms with van der Waals surface area (Å²) in [4.78, 5) is 21.3. The van der Waals surface area contributed by atoms with E-state index >= 15 is 0 Å². The first kappa shape index (κ1) is 34.1. The first-order chi connectivity index (χ1) is 29.2. The minimum absolute atomic E-state index is 0.795. The van der Waals surface area contributed by atoms with Gasteiger partial charge in [-0.1, -0.05) is 127 Å². The van der Waals surface area contributed by atoms with Crippen molar-refractivity contribution in [2.75, 3.05) is 0 Å². The summed E-state index contributed by atoms with van der Waals surface area (Å²) in [7, 11) is 0. The van der Waals surface area contributed by atoms with Crippen LogP contribution in [0, 0.1) is 0 Å². The molecule has 0 aliphatic rings. The van der Waals surface area contributed by atoms with Crippen molar-refractivity contribution < 1.29 is 0 Å². The Morgan fingerprint density at radius 2 is 0.915 bits per heavy atom. The number of nitrogens with zero attached hydrogens (tertiary/aromatic N) is 7. The average Bonchev–Trinajstić information content (AvgIpc) is 3.78. The molecule has 5 aromatic heterocycles. The molecule has 11 aromatic rings. The highest BCUT2D eigenvalue weighted by molar-refractivity contribution is 6.23. The van der Waals surface area contributed by atoms with Gasteiger partial charge < -0.3 is 0 Å². The van der Waals surface area contributed by atoms with Crippen molar-refractivity contribution >= 4 is 32.7 Å². The molecule has 0 fully saturated rings. The lowest BCUT2D eigenvalue weighted by atomic mass is 9.93. The van der Waals surface area contributed by atoms with Gasteiger partial charge in [0.1, 0.15) is 11.0 Å². The van der Waals surface area contributed by atoms with Gasteiger partial charge in [-0.3, -0.25) is 9.97 Å². The third-order valence-electron chi connectivity index (χ3n) is 10.8. The standard InChI is InChI=1S/C52H33N7/c1-4-14-36(15-5-1)42-33-43-49(52-51(42)57-59(58-52)40-18-8-3-9-19-40)41-27-26-38(30-46(41)56-50(43)37-16-6-2-7-17-37)34-22-24-35(25-23-34)39-31-47(44-20-10-12-28-53-44)55-48(32-39)45-21-11-13-29-54-45/h1-33H. The number of para-hydroxylation sites is 1. The van der Waals surface area contributed by atoms with Crippen molar-refractivity contribution in [3.05, 3.63) is 200 Å². The van der Waals surface area contributed by atoms with Gasteiger partial charge in [0.05, 0.1) is 39.7 Å². The Labute approximate surface area is 340 Å². The highest BCUT2D eigenvalue weighted by Gasteiger charge is 2.21. The number of hydrogen-bond donors (Lipinski definition) is 0. The van der Waals surface area contributed by atoms with E-state index in [-0.39, 0.29) is 0 Å². The molecule has 0 N–H and O–H groups in total. The number of aromatic nitrogens is 7. The monoisotopic (exact) mass is 755 g/mol. The molecular formula is C52H33N7. The van der Waals surface area contributed by atoms with Crippen LogP contribution in [0.5, 0.6) is 0 Å². The molecule has 0 spiro atoms. The van der Waals surface area contributed by atoms with Gasteiger partial charge in [-0.15, -0.1) is 10.2 Å². The summed E-state index contributed by atoms with van der Waals surface area (Å²) in [6.07, 6.45) is 3.59. The molecule has 0 radical (unpaired) electrons. The van der Waals surface area contributed by atoms with E-state index in [9.17, 15) is 0 Å². The van der Waals surface area contributed by atoms with Crippen molar-refractivity contribution in [2.45, 2.75) is 0 Å². The van der Waals surface area contributed by atoms with E-state index in [4.69, 9.17) is 20.2 Å². The minimum atomic E-state index is 0.795. The quantitative estimate of drug-likeness (QED) is 0.151. The van der Waals surface area contributed by atoms with Gasteiger partial charge >= 0.3 is 0 Å². The summed E-state index contributed by atoms with van der Waals surface area (Å²) in [5, 5.41) is 13.4. The first-order valence-electron chi connectivity index (χ1n) is 19.5. The minimum Gasteiger partial charge on any atom is -0.255 e. The molecule has 0 aliphatic heterocycles. The molecule has 59 heavy (non-hydrogen) atoms. The second-order valence-corrected chi connectivity index (χ2v) is 14.4. The zero-order valence-electron chi connectivity index (χ0n) is 31.7. The predicted octanol–water partition coefficient (Wildman–Crippen LogP) is 12.3. The number of fused-ring (bicyclic) bond motifs is 5. The van der Waals surface area contributed by atoms with Crippen LogP contribution in [0.4, 0.5) is 0 Å². The van der Waals surface area contributed by atoms with Gasteiger partial charge in [-0.05, 0) is 88.5 Å². The molecule has 0 atom stereocenters. The predicted molar refractivity (Wildman–Crippen MR) is 238 cm³/mol. The second kappa shape index (κ2) is 14.4. The fraction of sp³-hybridized carbons (Fsp3) is 0. The highest BCUT2D eigenvalue weighted by Crippen LogP contribution is 2.42. The molecule has 276 valence electrons. The second-order valence-electron chi connectivity index (χ2n) is 14.4. The maximum absolute atomic E-state index is 5.43. The van der Waals surface area contributed by atoms with Crippen LogP contribution in [0.2, 0.25) is 0 Å². The van der Waals surface area contributed by atoms with Gasteiger partial charge in [0, 0.05) is 39.7 Å². The molecule has 11 rings (SSSR count). The van der Waals surface area contributed by atoms with Gasteiger partial charge in [-0.2, -0.15) is 4.80 Å². The van der Waals surface area contributed by atoms with Crippen LogP contribution >= 0.6 is 0 Å². The molecule has 7 heteroatoms. The van der Waals surface area contributed by atoms with Crippen LogP contribution in [0.3, 0.4) is 0 Å². The lowest BCUT2D eigenvalue weighted by Gasteiger charge is -2.14. The Bertz CT molecular complexity index is 3220. The van der Waals surface area contributed by atoms with Gasteiger partial charge in [0.15, 0.2) is 0 Å². The van der Waals surface area contributed by atoms with E-state index in [2.05, 4.69) is 119 Å². The summed E-state index contributed by atoms with van der Waals surface area (Å²) >= 11 is 0. The van der Waals surface area contributed by atoms with Crippen molar-refractivity contribution in [3.63, 3.8) is 0 Å². The largest absolute Gasteiger partial charge is 0.255 e. The lowest BCUT2D eigenvalue weighted by Crippen LogP contribution is -1.97. The summed E-state index contributed by atoms with van der Waals surface area (Å²) in [5.74, 6) is 0. The summed E-state index contributed by atoms with van der Waals surface area (Å²) in [6, 6.07) is 64.4. The van der Waals surface area contributed by atoms with E-state index in [1.54, 1.807) is 17.2 Å². The van der Waals surface area contributed by atoms with Crippen LogP contribution < -0.4 is 0 Å². The Morgan fingerprint density at radius 3 is 1.54 bits per heavy atom. The van der Waals surface area contributed by atoms with Gasteiger partial charge in [0.2, 0.25) is 0 Å². The Balaban J connectivity index is 1.07. The zero-order valence-corrected chi connectivity index (χ0v) is 31.7. The van der Waals surface area contributed by atoms with E-state index in [1.807, 2.05) is 78.9 Å². The average molecular weight is 756 g/mol. The summed E-state index contributed by atoms with van der Waals surface area (Å²) < 4.78 is 0. The number of rotatable bonds is 7. The van der Waals surface area contributed by atoms with Crippen LogP contribution in [0.1, 0.15) is 0 Å². The molecule has 0 amide bonds. The molecule has 0 aliphatic carbocycles. The van der Waals surface area contributed by atoms with Crippen LogP contribution in [0.15, 0.2) is 200 Å². The molecule has 7 nitrogen and oxygen atoms in total. The van der Waals surface area contributed by atoms with Gasteiger partial charge in [0.25, 0.3) is 0 Å². The molecule has 6 aromatic carbocycles. The normalized spacial score (nSPS) is 11.4. The van der Waals surface area contributed by atoms with Crippen LogP contribution in [-0.4, -0.2) is 34.9 Å². The summed E-state index contributed by atoms with van der Waals surface area (Å²) in [5.41, 5.74) is 15.0. The molecule has 0 bridgehead atoms. The molecule has 5 heterocycles. The maximum atomic E-state index is 5.43. The van der Waals surface area contributed by atoms with Gasteiger partial charge in [-0.25, -0.2) is 9.97 Å². The maximum Gasteiger partial charge on any atom is 0.122 e. The smallest absolute Gasteiger partial charge is 0.122 e. The SMILES string of the molecule is c1ccc(-c2nc3cc(-c4ccc(-c5cc(-c6ccccn6)nc(-c6ccccn6)c5)cc4)ccc3c3c2cc(-c2ccccc2)c2nn(-c4ccccc4)nc23)cc1. The summed E-state index contributed by atoms with van der Waals surface area (Å²) in [6.45, 7) is 0. The van der Waals surface area contributed by atoms with Crippen LogP contribution in [-0.2, 0) is 0 Å². The Morgan fingerprint density at radius 1 is 0.356 bits per heavy atom. The third kappa shape index (κ3) is 6.27. The molecule has 0 saturated carbocycles. The van der Waals surface area contributed by atoms with Crippen LogP contribution in [0.25, 0.3) is 106 Å². The first-order valence-corrected chi connectivity index (χ1v) is 19.5. The van der Waals surface area contributed by atoms with E-state index in [0.717, 1.165) is 106 Å². The van der Waals surface area contributed by atoms with Crippen molar-refractivity contribution in [1.82, 2.24) is 34.9 Å². The molecule has 0 saturated heterocycles. The van der Waals surface area contributed by atoms with Crippen molar-refractivity contribution in [2.24, 2.45) is 0 Å². The fourth-order valence-corrected chi connectivity index (χ4v) is 7.90. The lowest BCUT2D eigenvalue weighted by molar-refractivity contribution is 0.766. The fourth-order valence-electron chi connectivity index (χ4n) is 7.90. The molecule has 0 unspecified atom stereocenters. The third-order valence-corrected chi connectivity index (χ3v) is 10.8. The number of pyridine rings is 4. The van der Waals surface area contributed by atoms with E-state index in [1.165, 1.54) is 0 Å².